The minimum absolute atomic E-state index is 0.174. The Balaban J connectivity index is 2.43. The van der Waals surface area contributed by atoms with Crippen molar-refractivity contribution in [1.82, 2.24) is 10.3 Å². The third-order valence-corrected chi connectivity index (χ3v) is 2.08. The van der Waals surface area contributed by atoms with E-state index >= 15 is 0 Å². The highest BCUT2D eigenvalue weighted by molar-refractivity contribution is 9.10. The average Bonchev–Trinajstić information content (AvgIpc) is 2.05. The number of aromatic nitrogens is 1. The van der Waals surface area contributed by atoms with E-state index in [0.29, 0.717) is 6.54 Å². The number of hydrogen-bond donors (Lipinski definition) is 2. The van der Waals surface area contributed by atoms with Gasteiger partial charge in [-0.15, -0.1) is 0 Å². The zero-order valence-corrected chi connectivity index (χ0v) is 7.68. The SMILES string of the molecule is O=C1NCc2cc(Br)ncc2N1. The van der Waals surface area contributed by atoms with Crippen LogP contribution in [0.2, 0.25) is 0 Å². The molecule has 0 bridgehead atoms. The van der Waals surface area contributed by atoms with Gasteiger partial charge in [0.15, 0.2) is 0 Å². The normalized spacial score (nSPS) is 14.6. The van der Waals surface area contributed by atoms with Crippen LogP contribution in [0.3, 0.4) is 0 Å². The number of fused-ring (bicyclic) bond motifs is 1. The third-order valence-electron chi connectivity index (χ3n) is 1.64. The second-order valence-electron chi connectivity index (χ2n) is 2.47. The Kier molecular flexibility index (Phi) is 1.73. The molecule has 5 heteroatoms. The average molecular weight is 228 g/mol. The summed E-state index contributed by atoms with van der Waals surface area (Å²) < 4.78 is 0.777. The smallest absolute Gasteiger partial charge is 0.319 e. The van der Waals surface area contributed by atoms with Crippen molar-refractivity contribution in [2.24, 2.45) is 0 Å². The summed E-state index contributed by atoms with van der Waals surface area (Å²) in [5.74, 6) is 0. The van der Waals surface area contributed by atoms with Crippen LogP contribution in [0.1, 0.15) is 5.56 Å². The van der Waals surface area contributed by atoms with Crippen LogP contribution in [-0.2, 0) is 6.54 Å². The Bertz CT molecular complexity index is 339. The van der Waals surface area contributed by atoms with E-state index in [9.17, 15) is 4.79 Å². The molecule has 0 saturated heterocycles. The fraction of sp³-hybridized carbons (Fsp3) is 0.143. The number of halogens is 1. The van der Waals surface area contributed by atoms with E-state index in [1.165, 1.54) is 0 Å². The molecule has 0 aliphatic carbocycles. The summed E-state index contributed by atoms with van der Waals surface area (Å²) in [6.07, 6.45) is 1.64. The maximum Gasteiger partial charge on any atom is 0.319 e. The third kappa shape index (κ3) is 1.27. The standard InChI is InChI=1S/C7H6BrN3O/c8-6-1-4-2-10-7(12)11-5(4)3-9-6/h1,3H,2H2,(H2,10,11,12). The lowest BCUT2D eigenvalue weighted by atomic mass is 10.2. The highest BCUT2D eigenvalue weighted by Crippen LogP contribution is 2.20. The molecular weight excluding hydrogens is 222 g/mol. The first-order valence-corrected chi connectivity index (χ1v) is 4.24. The highest BCUT2D eigenvalue weighted by atomic mass is 79.9. The molecule has 2 rings (SSSR count). The van der Waals surface area contributed by atoms with E-state index < -0.39 is 0 Å². The van der Waals surface area contributed by atoms with Crippen molar-refractivity contribution < 1.29 is 4.79 Å². The van der Waals surface area contributed by atoms with Crippen LogP contribution in [0.15, 0.2) is 16.9 Å². The predicted octanol–water partition coefficient (Wildman–Crippen LogP) is 1.48. The van der Waals surface area contributed by atoms with Crippen molar-refractivity contribution in [1.29, 1.82) is 0 Å². The number of carbonyl (C=O) groups is 1. The van der Waals surface area contributed by atoms with Gasteiger partial charge in [0.05, 0.1) is 11.9 Å². The highest BCUT2D eigenvalue weighted by Gasteiger charge is 2.13. The van der Waals surface area contributed by atoms with Crippen LogP contribution in [0.25, 0.3) is 0 Å². The molecule has 0 aromatic carbocycles. The second kappa shape index (κ2) is 2.75. The Morgan fingerprint density at radius 3 is 3.25 bits per heavy atom. The first-order valence-electron chi connectivity index (χ1n) is 3.45. The van der Waals surface area contributed by atoms with Gasteiger partial charge in [0, 0.05) is 6.54 Å². The van der Waals surface area contributed by atoms with Crippen molar-refractivity contribution in [3.05, 3.63) is 22.4 Å². The fourth-order valence-corrected chi connectivity index (χ4v) is 1.45. The Morgan fingerprint density at radius 1 is 1.58 bits per heavy atom. The summed E-state index contributed by atoms with van der Waals surface area (Å²) in [4.78, 5) is 14.9. The van der Waals surface area contributed by atoms with Crippen LogP contribution in [0.5, 0.6) is 0 Å². The summed E-state index contributed by atoms with van der Waals surface area (Å²) >= 11 is 3.25. The first-order chi connectivity index (χ1) is 5.75. The summed E-state index contributed by atoms with van der Waals surface area (Å²) in [6, 6.07) is 1.70. The molecule has 0 radical (unpaired) electrons. The molecule has 1 aliphatic heterocycles. The van der Waals surface area contributed by atoms with Gasteiger partial charge in [0.2, 0.25) is 0 Å². The lowest BCUT2D eigenvalue weighted by Gasteiger charge is -2.17. The molecule has 2 N–H and O–H groups in total. The van der Waals surface area contributed by atoms with Crippen molar-refractivity contribution in [2.45, 2.75) is 6.54 Å². The maximum atomic E-state index is 10.8. The summed E-state index contributed by atoms with van der Waals surface area (Å²) in [5, 5.41) is 5.32. The number of anilines is 1. The quantitative estimate of drug-likeness (QED) is 0.660. The van der Waals surface area contributed by atoms with E-state index in [4.69, 9.17) is 0 Å². The molecule has 2 heterocycles. The monoisotopic (exact) mass is 227 g/mol. The zero-order chi connectivity index (χ0) is 8.55. The predicted molar refractivity (Wildman–Crippen MR) is 47.8 cm³/mol. The largest absolute Gasteiger partial charge is 0.334 e. The second-order valence-corrected chi connectivity index (χ2v) is 3.28. The number of amides is 2. The topological polar surface area (TPSA) is 54.0 Å². The van der Waals surface area contributed by atoms with Crippen LogP contribution >= 0.6 is 15.9 Å². The minimum Gasteiger partial charge on any atom is -0.334 e. The molecule has 2 amide bonds. The molecule has 12 heavy (non-hydrogen) atoms. The molecule has 0 spiro atoms. The number of carbonyl (C=O) groups excluding carboxylic acids is 1. The van der Waals surface area contributed by atoms with Crippen LogP contribution in [0, 0.1) is 0 Å². The first kappa shape index (κ1) is 7.54. The van der Waals surface area contributed by atoms with Crippen LogP contribution in [-0.4, -0.2) is 11.0 Å². The Hall–Kier alpha value is -1.10. The zero-order valence-electron chi connectivity index (χ0n) is 6.10. The van der Waals surface area contributed by atoms with E-state index in [-0.39, 0.29) is 6.03 Å². The van der Waals surface area contributed by atoms with Crippen molar-refractivity contribution >= 4 is 27.6 Å². The summed E-state index contributed by atoms with van der Waals surface area (Å²) in [6.45, 7) is 0.558. The van der Waals surface area contributed by atoms with Crippen molar-refractivity contribution in [3.8, 4) is 0 Å². The van der Waals surface area contributed by atoms with Crippen LogP contribution < -0.4 is 10.6 Å². The Morgan fingerprint density at radius 2 is 2.42 bits per heavy atom. The van der Waals surface area contributed by atoms with Crippen molar-refractivity contribution in [2.75, 3.05) is 5.32 Å². The lowest BCUT2D eigenvalue weighted by Crippen LogP contribution is -2.33. The number of hydrogen-bond acceptors (Lipinski definition) is 2. The molecular formula is C7H6BrN3O. The van der Waals surface area contributed by atoms with Gasteiger partial charge in [-0.1, -0.05) is 0 Å². The molecule has 0 atom stereocenters. The van der Waals surface area contributed by atoms with Gasteiger partial charge >= 0.3 is 6.03 Å². The molecule has 0 fully saturated rings. The number of nitrogens with zero attached hydrogens (tertiary/aromatic N) is 1. The van der Waals surface area contributed by atoms with Gasteiger partial charge in [0.1, 0.15) is 4.60 Å². The molecule has 62 valence electrons. The van der Waals surface area contributed by atoms with E-state index in [1.807, 2.05) is 6.07 Å². The van der Waals surface area contributed by atoms with Gasteiger partial charge in [-0.25, -0.2) is 9.78 Å². The van der Waals surface area contributed by atoms with Gasteiger partial charge in [0.25, 0.3) is 0 Å². The van der Waals surface area contributed by atoms with E-state index in [0.717, 1.165) is 15.9 Å². The van der Waals surface area contributed by atoms with Crippen LogP contribution in [0.4, 0.5) is 10.5 Å². The fourth-order valence-electron chi connectivity index (χ4n) is 1.07. The summed E-state index contributed by atoms with van der Waals surface area (Å²) in [7, 11) is 0. The van der Waals surface area contributed by atoms with E-state index in [1.54, 1.807) is 6.20 Å². The molecule has 4 nitrogen and oxygen atoms in total. The summed E-state index contributed by atoms with van der Waals surface area (Å²) in [5.41, 5.74) is 1.82. The van der Waals surface area contributed by atoms with Crippen molar-refractivity contribution in [3.63, 3.8) is 0 Å². The molecule has 1 aromatic rings. The minimum atomic E-state index is -0.174. The molecule has 0 unspecified atom stereocenters. The van der Waals surface area contributed by atoms with Gasteiger partial charge in [-0.3, -0.25) is 0 Å². The number of pyridine rings is 1. The van der Waals surface area contributed by atoms with Gasteiger partial charge in [-0.05, 0) is 27.6 Å². The molecule has 1 aromatic heterocycles. The molecule has 1 aliphatic rings. The Labute approximate surface area is 77.5 Å². The number of urea groups is 1. The van der Waals surface area contributed by atoms with Gasteiger partial charge < -0.3 is 10.6 Å². The van der Waals surface area contributed by atoms with Gasteiger partial charge in [-0.2, -0.15) is 0 Å². The number of rotatable bonds is 0. The van der Waals surface area contributed by atoms with E-state index in [2.05, 4.69) is 31.5 Å². The maximum absolute atomic E-state index is 10.8. The lowest BCUT2D eigenvalue weighted by molar-refractivity contribution is 0.251. The molecule has 0 saturated carbocycles. The number of nitrogens with one attached hydrogen (secondary N) is 2.